The largest absolute Gasteiger partial charge is 0.337 e. The van der Waals surface area contributed by atoms with Gasteiger partial charge in [-0.3, -0.25) is 9.78 Å². The van der Waals surface area contributed by atoms with E-state index in [2.05, 4.69) is 4.98 Å². The van der Waals surface area contributed by atoms with Gasteiger partial charge in [-0.05, 0) is 25.0 Å². The lowest BCUT2D eigenvalue weighted by molar-refractivity contribution is 0.0729. The number of pyridine rings is 1. The minimum absolute atomic E-state index is 0.0889. The third-order valence-corrected chi connectivity index (χ3v) is 3.30. The normalized spacial score (nSPS) is 15.5. The van der Waals surface area contributed by atoms with Gasteiger partial charge >= 0.3 is 0 Å². The smallest absolute Gasteiger partial charge is 0.272 e. The van der Waals surface area contributed by atoms with Gasteiger partial charge < -0.3 is 4.90 Å². The van der Waals surface area contributed by atoms with E-state index < -0.39 is 0 Å². The lowest BCUT2D eigenvalue weighted by Crippen LogP contribution is -2.35. The molecule has 4 heteroatoms. The van der Waals surface area contributed by atoms with Crippen molar-refractivity contribution in [3.8, 4) is 6.07 Å². The van der Waals surface area contributed by atoms with Crippen LogP contribution in [0, 0.1) is 11.3 Å². The Labute approximate surface area is 101 Å². The number of hydrogen-bond acceptors (Lipinski definition) is 3. The molecule has 0 saturated heterocycles. The summed E-state index contributed by atoms with van der Waals surface area (Å²) in [4.78, 5) is 18.0. The lowest BCUT2D eigenvalue weighted by Gasteiger charge is -2.23. The van der Waals surface area contributed by atoms with Crippen molar-refractivity contribution in [2.75, 3.05) is 7.05 Å². The zero-order valence-electron chi connectivity index (χ0n) is 9.89. The zero-order valence-corrected chi connectivity index (χ0v) is 9.89. The molecule has 0 spiro atoms. The predicted octanol–water partition coefficient (Wildman–Crippen LogP) is 1.97. The summed E-state index contributed by atoms with van der Waals surface area (Å²) in [5.74, 6) is -0.0889. The summed E-state index contributed by atoms with van der Waals surface area (Å²) in [6, 6.07) is 5.50. The van der Waals surface area contributed by atoms with Crippen molar-refractivity contribution in [2.45, 2.75) is 31.7 Å². The van der Waals surface area contributed by atoms with E-state index in [1.807, 2.05) is 13.1 Å². The Balaban J connectivity index is 2.15. The fourth-order valence-corrected chi connectivity index (χ4v) is 2.26. The number of carbonyl (C=O) groups excluding carboxylic acids is 1. The van der Waals surface area contributed by atoms with Gasteiger partial charge in [-0.15, -0.1) is 0 Å². The van der Waals surface area contributed by atoms with Crippen LogP contribution >= 0.6 is 0 Å². The Morgan fingerprint density at radius 2 is 2.24 bits per heavy atom. The molecule has 1 aliphatic carbocycles. The number of nitrogens with zero attached hydrogens (tertiary/aromatic N) is 3. The Morgan fingerprint density at radius 3 is 2.88 bits per heavy atom. The summed E-state index contributed by atoms with van der Waals surface area (Å²) < 4.78 is 0. The first-order valence-corrected chi connectivity index (χ1v) is 5.85. The summed E-state index contributed by atoms with van der Waals surface area (Å²) in [5.41, 5.74) is 0.835. The van der Waals surface area contributed by atoms with Crippen LogP contribution in [0.2, 0.25) is 0 Å². The van der Waals surface area contributed by atoms with E-state index in [0.29, 0.717) is 17.3 Å². The van der Waals surface area contributed by atoms with E-state index in [1.165, 1.54) is 19.0 Å². The number of aromatic nitrogens is 1. The van der Waals surface area contributed by atoms with Crippen molar-refractivity contribution >= 4 is 5.91 Å². The molecule has 1 aromatic rings. The molecule has 88 valence electrons. The van der Waals surface area contributed by atoms with Gasteiger partial charge in [-0.2, -0.15) is 5.26 Å². The van der Waals surface area contributed by atoms with Crippen LogP contribution < -0.4 is 0 Å². The second kappa shape index (κ2) is 4.96. The average molecular weight is 229 g/mol. The van der Waals surface area contributed by atoms with Crippen LogP contribution in [0.5, 0.6) is 0 Å². The maximum Gasteiger partial charge on any atom is 0.272 e. The standard InChI is InChI=1S/C13H15N3O/c1-16(11-4-2-3-5-11)13(17)12-8-10(9-14)6-7-15-12/h6-8,11H,2-5H2,1H3. The molecule has 1 saturated carbocycles. The summed E-state index contributed by atoms with van der Waals surface area (Å²) in [6.07, 6.45) is 6.02. The van der Waals surface area contributed by atoms with Gasteiger partial charge in [0.25, 0.3) is 5.91 Å². The molecule has 1 aliphatic rings. The molecule has 0 N–H and O–H groups in total. The molecule has 1 heterocycles. The molecule has 2 rings (SSSR count). The van der Waals surface area contributed by atoms with Crippen molar-refractivity contribution in [3.63, 3.8) is 0 Å². The van der Waals surface area contributed by atoms with Crippen LogP contribution in [-0.2, 0) is 0 Å². The first-order chi connectivity index (χ1) is 8.22. The van der Waals surface area contributed by atoms with E-state index in [4.69, 9.17) is 5.26 Å². The summed E-state index contributed by atoms with van der Waals surface area (Å²) in [6.45, 7) is 0. The molecular formula is C13H15N3O. The Morgan fingerprint density at radius 1 is 1.53 bits per heavy atom. The third kappa shape index (κ3) is 2.44. The average Bonchev–Trinajstić information content (AvgIpc) is 2.91. The number of nitriles is 1. The molecular weight excluding hydrogens is 214 g/mol. The minimum atomic E-state index is -0.0889. The number of carbonyl (C=O) groups is 1. The molecule has 17 heavy (non-hydrogen) atoms. The minimum Gasteiger partial charge on any atom is -0.337 e. The molecule has 0 atom stereocenters. The quantitative estimate of drug-likeness (QED) is 0.779. The van der Waals surface area contributed by atoms with Crippen LogP contribution in [0.25, 0.3) is 0 Å². The SMILES string of the molecule is CN(C(=O)c1cc(C#N)ccn1)C1CCCC1. The first kappa shape index (κ1) is 11.6. The zero-order chi connectivity index (χ0) is 12.3. The lowest BCUT2D eigenvalue weighted by atomic mass is 10.2. The molecule has 0 aliphatic heterocycles. The van der Waals surface area contributed by atoms with Crippen molar-refractivity contribution in [2.24, 2.45) is 0 Å². The molecule has 4 nitrogen and oxygen atoms in total. The highest BCUT2D eigenvalue weighted by atomic mass is 16.2. The van der Waals surface area contributed by atoms with Gasteiger partial charge in [0, 0.05) is 19.3 Å². The van der Waals surface area contributed by atoms with Crippen LogP contribution in [-0.4, -0.2) is 28.9 Å². The van der Waals surface area contributed by atoms with Gasteiger partial charge in [-0.1, -0.05) is 12.8 Å². The van der Waals surface area contributed by atoms with Gasteiger partial charge in [-0.25, -0.2) is 0 Å². The summed E-state index contributed by atoms with van der Waals surface area (Å²) >= 11 is 0. The first-order valence-electron chi connectivity index (χ1n) is 5.85. The second-order valence-electron chi connectivity index (χ2n) is 4.40. The molecule has 0 radical (unpaired) electrons. The van der Waals surface area contributed by atoms with Gasteiger partial charge in [0.05, 0.1) is 11.6 Å². The molecule has 1 amide bonds. The molecule has 0 unspecified atom stereocenters. The van der Waals surface area contributed by atoms with Gasteiger partial charge in [0.15, 0.2) is 0 Å². The predicted molar refractivity (Wildman–Crippen MR) is 63.3 cm³/mol. The number of rotatable bonds is 2. The van der Waals surface area contributed by atoms with E-state index in [9.17, 15) is 4.79 Å². The summed E-state index contributed by atoms with van der Waals surface area (Å²) in [7, 11) is 1.82. The van der Waals surface area contributed by atoms with E-state index >= 15 is 0 Å². The van der Waals surface area contributed by atoms with Crippen molar-refractivity contribution in [1.82, 2.24) is 9.88 Å². The van der Waals surface area contributed by atoms with E-state index in [0.717, 1.165) is 12.8 Å². The van der Waals surface area contributed by atoms with Crippen LogP contribution in [0.3, 0.4) is 0 Å². The van der Waals surface area contributed by atoms with Crippen LogP contribution in [0.15, 0.2) is 18.3 Å². The molecule has 1 aromatic heterocycles. The Bertz CT molecular complexity index is 458. The van der Waals surface area contributed by atoms with E-state index in [1.54, 1.807) is 17.0 Å². The molecule has 1 fully saturated rings. The molecule has 0 aromatic carbocycles. The number of hydrogen-bond donors (Lipinski definition) is 0. The fourth-order valence-electron chi connectivity index (χ4n) is 2.26. The number of amides is 1. The molecule has 0 bridgehead atoms. The van der Waals surface area contributed by atoms with E-state index in [-0.39, 0.29) is 5.91 Å². The topological polar surface area (TPSA) is 57.0 Å². The highest BCUT2D eigenvalue weighted by Crippen LogP contribution is 2.23. The highest BCUT2D eigenvalue weighted by molar-refractivity contribution is 5.92. The van der Waals surface area contributed by atoms with Crippen LogP contribution in [0.1, 0.15) is 41.7 Å². The second-order valence-corrected chi connectivity index (χ2v) is 4.40. The fraction of sp³-hybridized carbons (Fsp3) is 0.462. The Kier molecular flexibility index (Phi) is 3.38. The highest BCUT2D eigenvalue weighted by Gasteiger charge is 2.24. The van der Waals surface area contributed by atoms with Gasteiger partial charge in [0.1, 0.15) is 5.69 Å². The van der Waals surface area contributed by atoms with Crippen molar-refractivity contribution < 1.29 is 4.79 Å². The van der Waals surface area contributed by atoms with Crippen molar-refractivity contribution in [3.05, 3.63) is 29.6 Å². The third-order valence-electron chi connectivity index (χ3n) is 3.30. The van der Waals surface area contributed by atoms with Gasteiger partial charge in [0.2, 0.25) is 0 Å². The van der Waals surface area contributed by atoms with Crippen LogP contribution in [0.4, 0.5) is 0 Å². The maximum absolute atomic E-state index is 12.2. The maximum atomic E-state index is 12.2. The summed E-state index contributed by atoms with van der Waals surface area (Å²) in [5, 5.41) is 8.79. The van der Waals surface area contributed by atoms with Crippen molar-refractivity contribution in [1.29, 1.82) is 5.26 Å². The Hall–Kier alpha value is -1.89. The monoisotopic (exact) mass is 229 g/mol.